The van der Waals surface area contributed by atoms with Crippen LogP contribution >= 0.6 is 0 Å². The van der Waals surface area contributed by atoms with E-state index < -0.39 is 29.6 Å². The van der Waals surface area contributed by atoms with Crippen LogP contribution in [0.5, 0.6) is 0 Å². The molecule has 3 amide bonds. The molecule has 3 heterocycles. The van der Waals surface area contributed by atoms with Crippen molar-refractivity contribution in [1.82, 2.24) is 15.1 Å². The summed E-state index contributed by atoms with van der Waals surface area (Å²) in [4.78, 5) is 46.2. The van der Waals surface area contributed by atoms with Crippen molar-refractivity contribution in [2.24, 2.45) is 23.7 Å². The highest BCUT2D eigenvalue weighted by molar-refractivity contribution is 6.02. The molecule has 2 aromatic rings. The Morgan fingerprint density at radius 3 is 2.63 bits per heavy atom. The van der Waals surface area contributed by atoms with Crippen molar-refractivity contribution in [3.8, 4) is 0 Å². The fraction of sp³-hybridized carbons (Fsp3) is 0.514. The predicted molar refractivity (Wildman–Crippen MR) is 166 cm³/mol. The van der Waals surface area contributed by atoms with Gasteiger partial charge in [-0.05, 0) is 55.5 Å². The molecule has 4 aliphatic rings. The zero-order chi connectivity index (χ0) is 30.3. The molecule has 8 atom stereocenters. The number of nitrogens with zero attached hydrogens (tertiary/aromatic N) is 2. The Morgan fingerprint density at radius 2 is 1.86 bits per heavy atom. The zero-order valence-electron chi connectivity index (χ0n) is 25.7. The summed E-state index contributed by atoms with van der Waals surface area (Å²) in [5.41, 5.74) is 1.73. The van der Waals surface area contributed by atoms with Gasteiger partial charge in [-0.15, -0.1) is 0 Å². The molecule has 0 unspecified atom stereocenters. The Balaban J connectivity index is 1.26. The van der Waals surface area contributed by atoms with E-state index in [0.29, 0.717) is 30.6 Å². The molecule has 0 aromatic heterocycles. The number of carbonyl (C=O) groups excluding carboxylic acids is 3. The number of rotatable bonds is 9. The normalized spacial score (nSPS) is 32.7. The maximum absolute atomic E-state index is 14.3. The number of nitrogens with one attached hydrogen (secondary N) is 2. The van der Waals surface area contributed by atoms with Crippen LogP contribution in [0.1, 0.15) is 44.2 Å². The van der Waals surface area contributed by atoms with Gasteiger partial charge in [0.05, 0.1) is 17.9 Å². The van der Waals surface area contributed by atoms with Gasteiger partial charge in [-0.1, -0.05) is 81.3 Å². The Bertz CT molecular complexity index is 1400. The quantitative estimate of drug-likeness (QED) is 0.432. The first-order chi connectivity index (χ1) is 20.7. The van der Waals surface area contributed by atoms with E-state index in [2.05, 4.69) is 41.5 Å². The van der Waals surface area contributed by atoms with Crippen LogP contribution < -0.4 is 10.6 Å². The van der Waals surface area contributed by atoms with Crippen molar-refractivity contribution in [2.45, 2.75) is 70.4 Å². The number of anilines is 1. The van der Waals surface area contributed by atoms with Gasteiger partial charge in [0.2, 0.25) is 17.7 Å². The maximum atomic E-state index is 14.3. The molecule has 43 heavy (non-hydrogen) atoms. The van der Waals surface area contributed by atoms with Crippen molar-refractivity contribution in [3.63, 3.8) is 0 Å². The van der Waals surface area contributed by atoms with Gasteiger partial charge < -0.3 is 25.2 Å². The topological polar surface area (TPSA) is 91.0 Å². The Hall–Kier alpha value is -3.49. The second kappa shape index (κ2) is 11.9. The first-order valence-electron chi connectivity index (χ1n) is 15.8. The lowest BCUT2D eigenvalue weighted by atomic mass is 9.73. The molecule has 1 aliphatic carbocycles. The number of likely N-dealkylation sites (N-methyl/N-ethyl adjacent to an activating group) is 1. The molecule has 3 aliphatic heterocycles. The third-order valence-electron chi connectivity index (χ3n) is 10.3. The van der Waals surface area contributed by atoms with Crippen molar-refractivity contribution in [3.05, 3.63) is 77.9 Å². The number of benzene rings is 2. The van der Waals surface area contributed by atoms with Gasteiger partial charge in [0, 0.05) is 31.4 Å². The van der Waals surface area contributed by atoms with Gasteiger partial charge in [0.15, 0.2) is 0 Å². The van der Waals surface area contributed by atoms with E-state index in [0.717, 1.165) is 31.4 Å². The number of hydrogen-bond donors (Lipinski definition) is 2. The van der Waals surface area contributed by atoms with Gasteiger partial charge in [-0.3, -0.25) is 14.4 Å². The summed E-state index contributed by atoms with van der Waals surface area (Å²) >= 11 is 0. The molecule has 1 saturated carbocycles. The highest BCUT2D eigenvalue weighted by atomic mass is 16.5. The van der Waals surface area contributed by atoms with Gasteiger partial charge in [-0.2, -0.15) is 0 Å². The molecule has 6 rings (SSSR count). The highest BCUT2D eigenvalue weighted by Crippen LogP contribution is 2.55. The lowest BCUT2D eigenvalue weighted by Crippen LogP contribution is -2.58. The molecule has 1 spiro atoms. The van der Waals surface area contributed by atoms with E-state index in [4.69, 9.17) is 4.74 Å². The monoisotopic (exact) mass is 584 g/mol. The summed E-state index contributed by atoms with van der Waals surface area (Å²) in [6, 6.07) is 17.0. The molecular formula is C35H44N4O4. The Morgan fingerprint density at radius 1 is 1.07 bits per heavy atom. The fourth-order valence-corrected chi connectivity index (χ4v) is 7.76. The van der Waals surface area contributed by atoms with Gasteiger partial charge in [-0.25, -0.2) is 0 Å². The summed E-state index contributed by atoms with van der Waals surface area (Å²) in [6.45, 7) is 8.09. The lowest BCUT2D eigenvalue weighted by Gasteiger charge is -2.38. The smallest absolute Gasteiger partial charge is 0.246 e. The average molecular weight is 585 g/mol. The zero-order valence-corrected chi connectivity index (χ0v) is 25.7. The van der Waals surface area contributed by atoms with Crippen LogP contribution in [0.4, 0.5) is 5.69 Å². The largest absolute Gasteiger partial charge is 0.359 e. The molecule has 8 nitrogen and oxygen atoms in total. The third kappa shape index (κ3) is 5.51. The summed E-state index contributed by atoms with van der Waals surface area (Å²) in [5, 5.41) is 6.36. The maximum Gasteiger partial charge on any atom is 0.246 e. The molecule has 3 fully saturated rings. The second-order valence-corrected chi connectivity index (χ2v) is 13.2. The van der Waals surface area contributed by atoms with Crippen LogP contribution in [-0.4, -0.2) is 71.4 Å². The van der Waals surface area contributed by atoms with Crippen molar-refractivity contribution in [2.75, 3.05) is 25.5 Å². The summed E-state index contributed by atoms with van der Waals surface area (Å²) in [5.74, 6) is -1.23. The number of hydrogen-bond acceptors (Lipinski definition) is 5. The van der Waals surface area contributed by atoms with Crippen LogP contribution in [-0.2, 0) is 25.7 Å². The number of carbonyl (C=O) groups is 3. The summed E-state index contributed by atoms with van der Waals surface area (Å²) in [7, 11) is 2.02. The highest BCUT2D eigenvalue weighted by Gasteiger charge is 2.72. The van der Waals surface area contributed by atoms with Gasteiger partial charge >= 0.3 is 0 Å². The van der Waals surface area contributed by atoms with Crippen molar-refractivity contribution < 1.29 is 19.1 Å². The van der Waals surface area contributed by atoms with Gasteiger partial charge in [0.1, 0.15) is 11.6 Å². The van der Waals surface area contributed by atoms with Crippen molar-refractivity contribution in [1.29, 1.82) is 0 Å². The minimum Gasteiger partial charge on any atom is -0.359 e. The molecule has 2 bridgehead atoms. The van der Waals surface area contributed by atoms with Gasteiger partial charge in [0.25, 0.3) is 0 Å². The lowest BCUT2D eigenvalue weighted by molar-refractivity contribution is -0.141. The molecule has 2 aromatic carbocycles. The standard InChI is InChI=1S/C35H44N4O4/c1-22-10-8-14-26(20-22)36-32(40)29-28-16-17-35(43-28)30(29)34(42)39(19-18-38(4)21-25-12-6-5-7-13-25)31(35)33(41)37-27-15-9-11-23(2)24(27)3/h5-8,10,12-14,16-17,20,23-24,27-31H,9,11,15,18-19,21H2,1-4H3,(H,36,40)(H,37,41)/t23-,24+,27-,28-,29+,30-,31-,35-/m1/s1. The second-order valence-electron chi connectivity index (χ2n) is 13.2. The van der Waals surface area contributed by atoms with E-state index in [1.54, 1.807) is 4.90 Å². The first-order valence-corrected chi connectivity index (χ1v) is 15.8. The van der Waals surface area contributed by atoms with Crippen LogP contribution in [0.25, 0.3) is 0 Å². The van der Waals surface area contributed by atoms with E-state index in [1.807, 2.05) is 68.6 Å². The molecular weight excluding hydrogens is 540 g/mol. The SMILES string of the molecule is Cc1cccc(NC(=O)[C@H]2[C@H]3C=C[C@@]4(O3)[C@H]2C(=O)N(CCN(C)Cc2ccccc2)[C@@H]4C(=O)N[C@@H]2CCC[C@@H](C)[C@@H]2C)c1. The summed E-state index contributed by atoms with van der Waals surface area (Å²) < 4.78 is 6.54. The van der Waals surface area contributed by atoms with E-state index in [-0.39, 0.29) is 23.8 Å². The third-order valence-corrected chi connectivity index (χ3v) is 10.3. The number of likely N-dealkylation sites (tertiary alicyclic amines) is 1. The molecule has 2 N–H and O–H groups in total. The van der Waals surface area contributed by atoms with Crippen LogP contribution in [0.15, 0.2) is 66.7 Å². The minimum atomic E-state index is -1.16. The molecule has 228 valence electrons. The molecule has 8 heteroatoms. The predicted octanol–water partition coefficient (Wildman–Crippen LogP) is 4.16. The van der Waals surface area contributed by atoms with E-state index in [9.17, 15) is 14.4 Å². The Kier molecular flexibility index (Phi) is 8.18. The molecule has 0 radical (unpaired) electrons. The van der Waals surface area contributed by atoms with Crippen LogP contribution in [0, 0.1) is 30.6 Å². The molecule has 2 saturated heterocycles. The average Bonchev–Trinajstić information content (AvgIpc) is 3.62. The number of aryl methyl sites for hydroxylation is 1. The van der Waals surface area contributed by atoms with E-state index >= 15 is 0 Å². The summed E-state index contributed by atoms with van der Waals surface area (Å²) in [6.07, 6.45) is 6.37. The number of ether oxygens (including phenoxy) is 1. The number of amides is 3. The van der Waals surface area contributed by atoms with Crippen LogP contribution in [0.2, 0.25) is 0 Å². The van der Waals surface area contributed by atoms with Crippen LogP contribution in [0.3, 0.4) is 0 Å². The Labute approximate surface area is 254 Å². The van der Waals surface area contributed by atoms with E-state index in [1.165, 1.54) is 5.56 Å². The minimum absolute atomic E-state index is 0.0485. The fourth-order valence-electron chi connectivity index (χ4n) is 7.76. The number of fused-ring (bicyclic) bond motifs is 1. The van der Waals surface area contributed by atoms with Crippen molar-refractivity contribution >= 4 is 23.4 Å². The first kappa shape index (κ1) is 29.6.